The molecule has 0 unspecified atom stereocenters. The summed E-state index contributed by atoms with van der Waals surface area (Å²) in [5, 5.41) is 7.56. The van der Waals surface area contributed by atoms with E-state index in [0.29, 0.717) is 0 Å². The average molecular weight is 734 g/mol. The summed E-state index contributed by atoms with van der Waals surface area (Å²) < 4.78 is 0. The van der Waals surface area contributed by atoms with Gasteiger partial charge in [-0.05, 0) is 137 Å². The molecule has 0 atom stereocenters. The highest BCUT2D eigenvalue weighted by atomic mass is 15.1. The van der Waals surface area contributed by atoms with Crippen LogP contribution in [0.4, 0.5) is 17.1 Å². The molecule has 1 nitrogen and oxygen atoms in total. The maximum atomic E-state index is 2.47. The van der Waals surface area contributed by atoms with Crippen molar-refractivity contribution in [3.05, 3.63) is 199 Å². The lowest BCUT2D eigenvalue weighted by Gasteiger charge is -2.42. The highest BCUT2D eigenvalue weighted by Crippen LogP contribution is 2.48. The fourth-order valence-corrected chi connectivity index (χ4v) is 9.37. The molecular formula is C56H47N. The van der Waals surface area contributed by atoms with Crippen LogP contribution in [0.1, 0.15) is 51.7 Å². The molecule has 276 valence electrons. The van der Waals surface area contributed by atoms with E-state index in [1.165, 1.54) is 89.7 Å². The Morgan fingerprint density at radius 2 is 0.965 bits per heavy atom. The van der Waals surface area contributed by atoms with E-state index in [0.717, 1.165) is 17.1 Å². The number of hydrogen-bond donors (Lipinski definition) is 0. The number of anilines is 3. The van der Waals surface area contributed by atoms with Crippen LogP contribution in [-0.2, 0) is 10.8 Å². The van der Waals surface area contributed by atoms with Crippen LogP contribution in [0, 0.1) is 0 Å². The zero-order chi connectivity index (χ0) is 38.7. The molecule has 0 aromatic heterocycles. The van der Waals surface area contributed by atoms with Crippen molar-refractivity contribution in [1.82, 2.24) is 0 Å². The zero-order valence-corrected chi connectivity index (χ0v) is 33.3. The fourth-order valence-electron chi connectivity index (χ4n) is 9.37. The third-order valence-corrected chi connectivity index (χ3v) is 12.7. The van der Waals surface area contributed by atoms with Gasteiger partial charge in [0.05, 0.1) is 5.69 Å². The summed E-state index contributed by atoms with van der Waals surface area (Å²) in [5.74, 6) is 0. The molecule has 0 aliphatic heterocycles. The Morgan fingerprint density at radius 3 is 1.77 bits per heavy atom. The Kier molecular flexibility index (Phi) is 8.38. The van der Waals surface area contributed by atoms with Crippen LogP contribution >= 0.6 is 0 Å². The van der Waals surface area contributed by atoms with Crippen molar-refractivity contribution in [2.24, 2.45) is 0 Å². The van der Waals surface area contributed by atoms with Crippen molar-refractivity contribution < 1.29 is 0 Å². The van der Waals surface area contributed by atoms with Crippen LogP contribution in [0.15, 0.2) is 188 Å². The molecule has 1 aliphatic rings. The molecule has 0 spiro atoms. The van der Waals surface area contributed by atoms with E-state index in [2.05, 4.69) is 221 Å². The van der Waals surface area contributed by atoms with E-state index in [4.69, 9.17) is 0 Å². The van der Waals surface area contributed by atoms with Crippen LogP contribution in [-0.4, -0.2) is 0 Å². The van der Waals surface area contributed by atoms with Gasteiger partial charge in [-0.25, -0.2) is 0 Å². The molecule has 9 aromatic rings. The highest BCUT2D eigenvalue weighted by molar-refractivity contribution is 6.14. The van der Waals surface area contributed by atoms with Gasteiger partial charge in [0.25, 0.3) is 0 Å². The molecule has 0 radical (unpaired) electrons. The first kappa shape index (κ1) is 35.0. The molecule has 0 saturated carbocycles. The summed E-state index contributed by atoms with van der Waals surface area (Å²) in [6, 6.07) is 69.8. The highest BCUT2D eigenvalue weighted by Gasteiger charge is 2.37. The molecule has 0 fully saturated rings. The molecule has 0 N–H and O–H groups in total. The van der Waals surface area contributed by atoms with Crippen LogP contribution in [0.3, 0.4) is 0 Å². The average Bonchev–Trinajstić information content (AvgIpc) is 3.25. The van der Waals surface area contributed by atoms with E-state index >= 15 is 0 Å². The maximum Gasteiger partial charge on any atom is 0.0540 e. The quantitative estimate of drug-likeness (QED) is 0.154. The topological polar surface area (TPSA) is 3.24 Å². The van der Waals surface area contributed by atoms with Crippen molar-refractivity contribution in [2.75, 3.05) is 4.90 Å². The Labute approximate surface area is 336 Å². The molecule has 10 rings (SSSR count). The number of fused-ring (bicyclic) bond motifs is 5. The van der Waals surface area contributed by atoms with E-state index in [9.17, 15) is 0 Å². The van der Waals surface area contributed by atoms with Crippen molar-refractivity contribution in [3.8, 4) is 33.4 Å². The molecule has 1 aliphatic carbocycles. The first-order valence-corrected chi connectivity index (χ1v) is 20.4. The van der Waals surface area contributed by atoms with Crippen molar-refractivity contribution in [2.45, 2.75) is 51.4 Å². The second-order valence-corrected chi connectivity index (χ2v) is 17.2. The summed E-state index contributed by atoms with van der Waals surface area (Å²) in [4.78, 5) is 2.44. The smallest absolute Gasteiger partial charge is 0.0540 e. The van der Waals surface area contributed by atoms with Gasteiger partial charge in [-0.2, -0.15) is 0 Å². The first-order chi connectivity index (χ1) is 27.7. The lowest BCUT2D eigenvalue weighted by atomic mass is 9.63. The predicted molar refractivity (Wildman–Crippen MR) is 245 cm³/mol. The van der Waals surface area contributed by atoms with Crippen molar-refractivity contribution in [3.63, 3.8) is 0 Å². The van der Waals surface area contributed by atoms with E-state index in [1.54, 1.807) is 0 Å². The standard InChI is InChI=1S/C56H47N/c1-55(2)32-33-56(3,4)53-37-41(28-31-52(53)55)39-26-29-45(30-27-39)57(54-23-12-11-20-48(54)44-25-24-38-14-5-6-15-40(38)34-44)46-18-13-17-42(35-46)51-36-43-16-7-8-19-47(43)49-21-9-10-22-50(49)51/h5-31,34-37H,32-33H2,1-4H3. The van der Waals surface area contributed by atoms with Crippen LogP contribution in [0.25, 0.3) is 65.7 Å². The van der Waals surface area contributed by atoms with Crippen LogP contribution < -0.4 is 4.90 Å². The molecular weight excluding hydrogens is 687 g/mol. The minimum Gasteiger partial charge on any atom is -0.310 e. The van der Waals surface area contributed by atoms with E-state index in [-0.39, 0.29) is 10.8 Å². The molecule has 0 amide bonds. The second-order valence-electron chi connectivity index (χ2n) is 17.2. The lowest BCUT2D eigenvalue weighted by Crippen LogP contribution is -2.33. The summed E-state index contributed by atoms with van der Waals surface area (Å²) in [6.45, 7) is 9.62. The van der Waals surface area contributed by atoms with Gasteiger partial charge < -0.3 is 4.90 Å². The second kappa shape index (κ2) is 13.6. The minimum absolute atomic E-state index is 0.158. The monoisotopic (exact) mass is 733 g/mol. The van der Waals surface area contributed by atoms with Gasteiger partial charge in [-0.1, -0.05) is 173 Å². The molecule has 0 saturated heterocycles. The number of hydrogen-bond acceptors (Lipinski definition) is 1. The SMILES string of the molecule is CC1(C)CCC(C)(C)c2cc(-c3ccc(N(c4cccc(-c5cc6ccccc6c6ccccc56)c4)c4ccccc4-c4ccc5ccccc5c4)cc3)ccc21. The normalized spacial score (nSPS) is 14.5. The van der Waals surface area contributed by atoms with Gasteiger partial charge in [0.1, 0.15) is 0 Å². The van der Waals surface area contributed by atoms with E-state index in [1.807, 2.05) is 0 Å². The summed E-state index contributed by atoms with van der Waals surface area (Å²) >= 11 is 0. The number of para-hydroxylation sites is 1. The summed E-state index contributed by atoms with van der Waals surface area (Å²) in [6.07, 6.45) is 2.42. The lowest BCUT2D eigenvalue weighted by molar-refractivity contribution is 0.332. The Hall–Kier alpha value is -6.44. The van der Waals surface area contributed by atoms with Gasteiger partial charge in [0.2, 0.25) is 0 Å². The molecule has 0 heterocycles. The fraction of sp³-hybridized carbons (Fsp3) is 0.143. The first-order valence-electron chi connectivity index (χ1n) is 20.4. The largest absolute Gasteiger partial charge is 0.310 e. The minimum atomic E-state index is 0.158. The molecule has 57 heavy (non-hydrogen) atoms. The van der Waals surface area contributed by atoms with Gasteiger partial charge in [0.15, 0.2) is 0 Å². The van der Waals surface area contributed by atoms with Gasteiger partial charge in [-0.3, -0.25) is 0 Å². The van der Waals surface area contributed by atoms with Gasteiger partial charge in [0, 0.05) is 16.9 Å². The predicted octanol–water partition coefficient (Wildman–Crippen LogP) is 16.0. The van der Waals surface area contributed by atoms with Gasteiger partial charge in [-0.15, -0.1) is 0 Å². The van der Waals surface area contributed by atoms with Gasteiger partial charge >= 0.3 is 0 Å². The van der Waals surface area contributed by atoms with Crippen LogP contribution in [0.5, 0.6) is 0 Å². The number of rotatable bonds is 6. The van der Waals surface area contributed by atoms with Crippen molar-refractivity contribution in [1.29, 1.82) is 0 Å². The third kappa shape index (κ3) is 6.19. The number of benzene rings is 9. The maximum absolute atomic E-state index is 2.47. The third-order valence-electron chi connectivity index (χ3n) is 12.7. The van der Waals surface area contributed by atoms with Crippen LogP contribution in [0.2, 0.25) is 0 Å². The number of nitrogens with zero attached hydrogens (tertiary/aromatic N) is 1. The molecule has 9 aromatic carbocycles. The van der Waals surface area contributed by atoms with E-state index < -0.39 is 0 Å². The Bertz CT molecular complexity index is 2960. The zero-order valence-electron chi connectivity index (χ0n) is 33.3. The van der Waals surface area contributed by atoms with Crippen molar-refractivity contribution >= 4 is 49.4 Å². The summed E-state index contributed by atoms with van der Waals surface area (Å²) in [5.41, 5.74) is 14.0. The Balaban J connectivity index is 1.13. The summed E-state index contributed by atoms with van der Waals surface area (Å²) in [7, 11) is 0. The Morgan fingerprint density at radius 1 is 0.351 bits per heavy atom. The molecule has 1 heteroatoms. The molecule has 0 bridgehead atoms.